The quantitative estimate of drug-likeness (QED) is 0.451. The second kappa shape index (κ2) is 9.66. The molecule has 1 saturated heterocycles. The van der Waals surface area contributed by atoms with E-state index >= 15 is 0 Å². The number of amides is 1. The van der Waals surface area contributed by atoms with Crippen LogP contribution in [0.25, 0.3) is 11.5 Å². The third kappa shape index (κ3) is 4.93. The zero-order valence-electron chi connectivity index (χ0n) is 18.0. The molecule has 2 aromatic carbocycles. The van der Waals surface area contributed by atoms with Crippen molar-refractivity contribution in [3.8, 4) is 17.3 Å². The number of ether oxygens (including phenoxy) is 1. The van der Waals surface area contributed by atoms with E-state index in [0.717, 1.165) is 11.4 Å². The molecule has 1 fully saturated rings. The minimum Gasteiger partial charge on any atom is -0.484 e. The van der Waals surface area contributed by atoms with E-state index in [1.54, 1.807) is 11.1 Å². The lowest BCUT2D eigenvalue weighted by Gasteiger charge is -2.33. The summed E-state index contributed by atoms with van der Waals surface area (Å²) in [4.78, 5) is 26.8. The number of aromatic nitrogens is 4. The molecular weight excluding hydrogens is 420 g/mol. The summed E-state index contributed by atoms with van der Waals surface area (Å²) in [5, 5.41) is 7.40. The molecule has 0 spiro atoms. The molecule has 3 heterocycles. The van der Waals surface area contributed by atoms with Crippen LogP contribution in [0.3, 0.4) is 0 Å². The summed E-state index contributed by atoms with van der Waals surface area (Å²) in [6.45, 7) is 1.70. The van der Waals surface area contributed by atoms with Crippen LogP contribution in [0, 0.1) is 0 Å². The van der Waals surface area contributed by atoms with Gasteiger partial charge < -0.3 is 24.5 Å². The molecule has 1 amide bonds. The minimum absolute atomic E-state index is 0.0507. The van der Waals surface area contributed by atoms with Crippen molar-refractivity contribution in [2.45, 2.75) is 12.5 Å². The molecule has 1 aliphatic heterocycles. The van der Waals surface area contributed by atoms with Crippen molar-refractivity contribution < 1.29 is 14.1 Å². The molecule has 0 bridgehead atoms. The number of carbonyl (C=O) groups is 1. The fraction of sp³-hybridized carbons (Fsp3) is 0.250. The number of carbonyl (C=O) groups excluding carboxylic acids is 1. The van der Waals surface area contributed by atoms with Gasteiger partial charge in [0.1, 0.15) is 23.3 Å². The van der Waals surface area contributed by atoms with Gasteiger partial charge in [0.2, 0.25) is 5.82 Å². The number of hydrogen-bond acceptors (Lipinski definition) is 7. The first-order chi connectivity index (χ1) is 16.3. The number of hydrogen-bond donors (Lipinski definition) is 2. The number of nitrogens with zero attached hydrogens (tertiary/aromatic N) is 4. The second-order valence-corrected chi connectivity index (χ2v) is 7.77. The van der Waals surface area contributed by atoms with Crippen LogP contribution in [-0.4, -0.2) is 57.2 Å². The molecule has 4 aromatic rings. The highest BCUT2D eigenvalue weighted by Gasteiger charge is 2.32. The molecular formula is C24H24N6O3. The van der Waals surface area contributed by atoms with Crippen LogP contribution in [0.5, 0.6) is 5.75 Å². The number of rotatable bonds is 7. The molecule has 0 aliphatic carbocycles. The van der Waals surface area contributed by atoms with E-state index < -0.39 is 0 Å². The molecule has 33 heavy (non-hydrogen) atoms. The SMILES string of the molecule is O=C(COc1ccccc1)N1CCNC[C@@H]1c1nc(-c2cnc(Cc3ccccc3)[nH]2)no1. The summed E-state index contributed by atoms with van der Waals surface area (Å²) in [6.07, 6.45) is 2.38. The average Bonchev–Trinajstić information content (AvgIpc) is 3.54. The lowest BCUT2D eigenvalue weighted by atomic mass is 10.1. The highest BCUT2D eigenvalue weighted by atomic mass is 16.5. The Bertz CT molecular complexity index is 1190. The lowest BCUT2D eigenvalue weighted by Crippen LogP contribution is -2.50. The first-order valence-corrected chi connectivity index (χ1v) is 10.9. The van der Waals surface area contributed by atoms with E-state index in [1.165, 1.54) is 0 Å². The Labute approximate surface area is 190 Å². The van der Waals surface area contributed by atoms with Gasteiger partial charge in [-0.15, -0.1) is 0 Å². The van der Waals surface area contributed by atoms with Crippen molar-refractivity contribution in [3.63, 3.8) is 0 Å². The highest BCUT2D eigenvalue weighted by molar-refractivity contribution is 5.78. The van der Waals surface area contributed by atoms with Gasteiger partial charge in [-0.05, 0) is 17.7 Å². The van der Waals surface area contributed by atoms with Crippen LogP contribution >= 0.6 is 0 Å². The summed E-state index contributed by atoms with van der Waals surface area (Å²) in [7, 11) is 0. The fourth-order valence-corrected chi connectivity index (χ4v) is 3.80. The van der Waals surface area contributed by atoms with Crippen molar-refractivity contribution >= 4 is 5.91 Å². The number of aromatic amines is 1. The maximum atomic E-state index is 12.9. The molecule has 5 rings (SSSR count). The van der Waals surface area contributed by atoms with Gasteiger partial charge in [-0.25, -0.2) is 4.98 Å². The monoisotopic (exact) mass is 444 g/mol. The Kier molecular flexibility index (Phi) is 6.12. The summed E-state index contributed by atoms with van der Waals surface area (Å²) >= 11 is 0. The van der Waals surface area contributed by atoms with Crippen molar-refractivity contribution in [2.75, 3.05) is 26.2 Å². The third-order valence-corrected chi connectivity index (χ3v) is 5.48. The van der Waals surface area contributed by atoms with E-state index in [9.17, 15) is 4.79 Å². The predicted molar refractivity (Wildman–Crippen MR) is 120 cm³/mol. The van der Waals surface area contributed by atoms with Gasteiger partial charge in [0.05, 0.1) is 6.20 Å². The summed E-state index contributed by atoms with van der Waals surface area (Å²) in [5.41, 5.74) is 1.83. The topological polar surface area (TPSA) is 109 Å². The number of nitrogens with one attached hydrogen (secondary N) is 2. The number of benzene rings is 2. The van der Waals surface area contributed by atoms with Gasteiger partial charge in [-0.2, -0.15) is 4.98 Å². The van der Waals surface area contributed by atoms with Gasteiger partial charge in [0, 0.05) is 26.1 Å². The number of para-hydroxylation sites is 1. The minimum atomic E-state index is -0.362. The standard InChI is InChI=1S/C24H24N6O3/c31-22(16-32-18-9-5-2-6-10-18)30-12-11-25-15-20(30)24-28-23(29-33-24)19-14-26-21(27-19)13-17-7-3-1-4-8-17/h1-10,14,20,25H,11-13,15-16H2,(H,26,27)/t20-/m1/s1. The molecule has 0 saturated carbocycles. The maximum absolute atomic E-state index is 12.9. The summed E-state index contributed by atoms with van der Waals surface area (Å²) in [6, 6.07) is 19.0. The maximum Gasteiger partial charge on any atom is 0.261 e. The zero-order chi connectivity index (χ0) is 22.5. The van der Waals surface area contributed by atoms with Gasteiger partial charge in [0.25, 0.3) is 11.8 Å². The molecule has 1 aliphatic rings. The average molecular weight is 444 g/mol. The lowest BCUT2D eigenvalue weighted by molar-refractivity contribution is -0.137. The zero-order valence-corrected chi connectivity index (χ0v) is 18.0. The van der Waals surface area contributed by atoms with Crippen LogP contribution < -0.4 is 10.1 Å². The summed E-state index contributed by atoms with van der Waals surface area (Å²) in [5.74, 6) is 2.14. The Morgan fingerprint density at radius 3 is 2.73 bits per heavy atom. The van der Waals surface area contributed by atoms with Crippen molar-refractivity contribution in [1.82, 2.24) is 30.3 Å². The van der Waals surface area contributed by atoms with Crippen molar-refractivity contribution in [3.05, 3.63) is 84.1 Å². The highest BCUT2D eigenvalue weighted by Crippen LogP contribution is 2.24. The molecule has 0 unspecified atom stereocenters. The fourth-order valence-electron chi connectivity index (χ4n) is 3.80. The predicted octanol–water partition coefficient (Wildman–Crippen LogP) is 2.60. The van der Waals surface area contributed by atoms with Crippen LogP contribution in [0.1, 0.15) is 23.3 Å². The Morgan fingerprint density at radius 1 is 1.12 bits per heavy atom. The Morgan fingerprint density at radius 2 is 1.91 bits per heavy atom. The second-order valence-electron chi connectivity index (χ2n) is 7.77. The first kappa shape index (κ1) is 20.9. The van der Waals surface area contributed by atoms with Crippen LogP contribution in [0.4, 0.5) is 0 Å². The number of imidazole rings is 1. The molecule has 1 atom stereocenters. The van der Waals surface area contributed by atoms with Gasteiger partial charge in [-0.1, -0.05) is 53.7 Å². The van der Waals surface area contributed by atoms with E-state index in [0.29, 0.717) is 49.2 Å². The molecule has 2 aromatic heterocycles. The molecule has 168 valence electrons. The third-order valence-electron chi connectivity index (χ3n) is 5.48. The largest absolute Gasteiger partial charge is 0.484 e. The molecule has 2 N–H and O–H groups in total. The van der Waals surface area contributed by atoms with Gasteiger partial charge in [0.15, 0.2) is 6.61 Å². The molecule has 0 radical (unpaired) electrons. The number of piperazine rings is 1. The normalized spacial score (nSPS) is 16.0. The van der Waals surface area contributed by atoms with Crippen LogP contribution in [-0.2, 0) is 11.2 Å². The smallest absolute Gasteiger partial charge is 0.261 e. The Balaban J connectivity index is 1.27. The van der Waals surface area contributed by atoms with E-state index in [4.69, 9.17) is 9.26 Å². The number of H-pyrrole nitrogens is 1. The van der Waals surface area contributed by atoms with Crippen LogP contribution in [0.15, 0.2) is 71.4 Å². The van der Waals surface area contributed by atoms with E-state index in [-0.39, 0.29) is 18.6 Å². The summed E-state index contributed by atoms with van der Waals surface area (Å²) < 4.78 is 11.2. The molecule has 9 nitrogen and oxygen atoms in total. The van der Waals surface area contributed by atoms with E-state index in [1.807, 2.05) is 48.5 Å². The first-order valence-electron chi connectivity index (χ1n) is 10.9. The van der Waals surface area contributed by atoms with Crippen LogP contribution in [0.2, 0.25) is 0 Å². The Hall–Kier alpha value is -3.98. The van der Waals surface area contributed by atoms with Crippen molar-refractivity contribution in [2.24, 2.45) is 0 Å². The van der Waals surface area contributed by atoms with Gasteiger partial charge >= 0.3 is 0 Å². The van der Waals surface area contributed by atoms with Crippen molar-refractivity contribution in [1.29, 1.82) is 0 Å². The molecule has 9 heteroatoms. The van der Waals surface area contributed by atoms with Gasteiger partial charge in [-0.3, -0.25) is 4.79 Å². The van der Waals surface area contributed by atoms with E-state index in [2.05, 4.69) is 37.6 Å².